The van der Waals surface area contributed by atoms with Gasteiger partial charge in [-0.05, 0) is 42.8 Å². The molecule has 0 aromatic heterocycles. The van der Waals surface area contributed by atoms with Gasteiger partial charge >= 0.3 is 0 Å². The maximum absolute atomic E-state index is 9.67. The summed E-state index contributed by atoms with van der Waals surface area (Å²) in [5, 5.41) is 9.94. The molecule has 1 aliphatic rings. The third-order valence-electron chi connectivity index (χ3n) is 4.23. The Balaban J connectivity index is 1.66. The first kappa shape index (κ1) is 17.5. The number of nitrogens with zero attached hydrogens (tertiary/aromatic N) is 2. The largest absolute Gasteiger partial charge is 0.508 e. The van der Waals surface area contributed by atoms with Crippen LogP contribution in [0.15, 0.2) is 65.6 Å². The highest BCUT2D eigenvalue weighted by molar-refractivity contribution is 8.00. The molecular formula is C21H24N2OS. The Morgan fingerprint density at radius 2 is 1.88 bits per heavy atom. The van der Waals surface area contributed by atoms with E-state index in [2.05, 4.69) is 65.3 Å². The Morgan fingerprint density at radius 1 is 1.12 bits per heavy atom. The number of phenolic OH excluding ortho intramolecular Hbond substituents is 1. The number of thioether (sulfide) groups is 1. The molecule has 0 fully saturated rings. The Labute approximate surface area is 154 Å². The average Bonchev–Trinajstić information content (AvgIpc) is 2.95. The number of hydrogen-bond acceptors (Lipinski definition) is 4. The second-order valence-corrected chi connectivity index (χ2v) is 7.33. The highest BCUT2D eigenvalue weighted by Gasteiger charge is 2.26. The molecule has 2 aromatic carbocycles. The first-order chi connectivity index (χ1) is 12.1. The molecule has 3 nitrogen and oxygen atoms in total. The SMILES string of the molecule is CCN1c2ccc(O)cc2SC1/C=C/C=C/c1ccc(N(C)C)cc1. The van der Waals surface area contributed by atoms with E-state index in [0.29, 0.717) is 5.75 Å². The summed E-state index contributed by atoms with van der Waals surface area (Å²) in [4.78, 5) is 5.58. The van der Waals surface area contributed by atoms with Crippen LogP contribution in [-0.4, -0.2) is 31.1 Å². The molecule has 1 aliphatic heterocycles. The molecule has 0 saturated heterocycles. The summed E-state index contributed by atoms with van der Waals surface area (Å²) >= 11 is 1.77. The number of likely N-dealkylation sites (N-methyl/N-ethyl adjacent to an activating group) is 1. The topological polar surface area (TPSA) is 26.7 Å². The van der Waals surface area contributed by atoms with Crippen LogP contribution in [0.1, 0.15) is 12.5 Å². The monoisotopic (exact) mass is 352 g/mol. The van der Waals surface area contributed by atoms with Gasteiger partial charge < -0.3 is 14.9 Å². The van der Waals surface area contributed by atoms with Gasteiger partial charge in [-0.1, -0.05) is 48.2 Å². The van der Waals surface area contributed by atoms with Crippen LogP contribution in [0.3, 0.4) is 0 Å². The Morgan fingerprint density at radius 3 is 2.56 bits per heavy atom. The Hall–Kier alpha value is -2.33. The molecule has 1 unspecified atom stereocenters. The maximum Gasteiger partial charge on any atom is 0.116 e. The van der Waals surface area contributed by atoms with Gasteiger partial charge in [0.2, 0.25) is 0 Å². The van der Waals surface area contributed by atoms with E-state index < -0.39 is 0 Å². The fourth-order valence-electron chi connectivity index (χ4n) is 2.87. The summed E-state index contributed by atoms with van der Waals surface area (Å²) in [6.45, 7) is 3.10. The molecule has 1 heterocycles. The molecule has 4 heteroatoms. The predicted molar refractivity (Wildman–Crippen MR) is 110 cm³/mol. The van der Waals surface area contributed by atoms with Crippen molar-refractivity contribution in [1.29, 1.82) is 0 Å². The molecule has 0 spiro atoms. The van der Waals surface area contributed by atoms with Gasteiger partial charge in [0.15, 0.2) is 0 Å². The van der Waals surface area contributed by atoms with E-state index in [0.717, 1.165) is 11.4 Å². The van der Waals surface area contributed by atoms with Crippen LogP contribution in [0, 0.1) is 0 Å². The number of aromatic hydroxyl groups is 1. The summed E-state index contributed by atoms with van der Waals surface area (Å²) in [5.74, 6) is 0.327. The number of anilines is 2. The van der Waals surface area contributed by atoms with Gasteiger partial charge in [0.1, 0.15) is 5.75 Å². The van der Waals surface area contributed by atoms with Crippen LogP contribution >= 0.6 is 11.8 Å². The van der Waals surface area contributed by atoms with E-state index in [1.165, 1.54) is 16.9 Å². The molecule has 25 heavy (non-hydrogen) atoms. The van der Waals surface area contributed by atoms with Gasteiger partial charge in [0, 0.05) is 31.2 Å². The molecule has 0 saturated carbocycles. The van der Waals surface area contributed by atoms with Crippen molar-refractivity contribution in [3.63, 3.8) is 0 Å². The second-order valence-electron chi connectivity index (χ2n) is 6.18. The quantitative estimate of drug-likeness (QED) is 0.767. The van der Waals surface area contributed by atoms with E-state index in [-0.39, 0.29) is 5.37 Å². The highest BCUT2D eigenvalue weighted by Crippen LogP contribution is 2.45. The minimum absolute atomic E-state index is 0.266. The molecule has 3 rings (SSSR count). The Kier molecular flexibility index (Phi) is 5.39. The van der Waals surface area contributed by atoms with Crippen LogP contribution < -0.4 is 9.80 Å². The van der Waals surface area contributed by atoms with Crippen LogP contribution in [-0.2, 0) is 0 Å². The van der Waals surface area contributed by atoms with Crippen LogP contribution in [0.4, 0.5) is 11.4 Å². The first-order valence-electron chi connectivity index (χ1n) is 8.47. The lowest BCUT2D eigenvalue weighted by molar-refractivity contribution is 0.474. The van der Waals surface area contributed by atoms with Crippen LogP contribution in [0.5, 0.6) is 5.75 Å². The van der Waals surface area contributed by atoms with Crippen LogP contribution in [0.25, 0.3) is 6.08 Å². The second kappa shape index (κ2) is 7.70. The number of benzene rings is 2. The minimum atomic E-state index is 0.266. The molecule has 0 bridgehead atoms. The minimum Gasteiger partial charge on any atom is -0.508 e. The molecule has 2 aromatic rings. The zero-order chi connectivity index (χ0) is 17.8. The average molecular weight is 353 g/mol. The number of rotatable bonds is 5. The van der Waals surface area contributed by atoms with Crippen molar-refractivity contribution < 1.29 is 5.11 Å². The van der Waals surface area contributed by atoms with E-state index >= 15 is 0 Å². The van der Waals surface area contributed by atoms with Crippen LogP contribution in [0.2, 0.25) is 0 Å². The van der Waals surface area contributed by atoms with E-state index in [4.69, 9.17) is 0 Å². The van der Waals surface area contributed by atoms with Crippen molar-refractivity contribution in [2.24, 2.45) is 0 Å². The lowest BCUT2D eigenvalue weighted by Gasteiger charge is -2.22. The maximum atomic E-state index is 9.67. The van der Waals surface area contributed by atoms with Gasteiger partial charge in [-0.25, -0.2) is 0 Å². The summed E-state index contributed by atoms with van der Waals surface area (Å²) in [6, 6.07) is 14.1. The lowest BCUT2D eigenvalue weighted by Crippen LogP contribution is -2.27. The number of phenols is 1. The Bertz CT molecular complexity index is 781. The van der Waals surface area contributed by atoms with Crippen molar-refractivity contribution in [2.45, 2.75) is 17.2 Å². The zero-order valence-corrected chi connectivity index (χ0v) is 15.7. The summed E-state index contributed by atoms with van der Waals surface area (Å²) in [5.41, 5.74) is 3.59. The third kappa shape index (κ3) is 4.02. The van der Waals surface area contributed by atoms with Gasteiger partial charge in [0.25, 0.3) is 0 Å². The molecular weight excluding hydrogens is 328 g/mol. The van der Waals surface area contributed by atoms with Gasteiger partial charge in [0.05, 0.1) is 11.1 Å². The summed E-state index contributed by atoms with van der Waals surface area (Å²) in [7, 11) is 4.09. The van der Waals surface area contributed by atoms with Gasteiger partial charge in [-0.3, -0.25) is 0 Å². The molecule has 0 radical (unpaired) electrons. The number of fused-ring (bicyclic) bond motifs is 1. The normalized spacial score (nSPS) is 16.8. The molecule has 1 atom stereocenters. The number of hydrogen-bond donors (Lipinski definition) is 1. The summed E-state index contributed by atoms with van der Waals surface area (Å²) in [6.07, 6.45) is 8.51. The molecule has 0 aliphatic carbocycles. The smallest absolute Gasteiger partial charge is 0.116 e. The van der Waals surface area contributed by atoms with Crippen molar-refractivity contribution in [1.82, 2.24) is 0 Å². The van der Waals surface area contributed by atoms with E-state index in [1.807, 2.05) is 26.2 Å². The van der Waals surface area contributed by atoms with E-state index in [1.54, 1.807) is 17.8 Å². The van der Waals surface area contributed by atoms with Crippen molar-refractivity contribution in [3.05, 3.63) is 66.3 Å². The predicted octanol–water partition coefficient (Wildman–Crippen LogP) is 4.99. The first-order valence-corrected chi connectivity index (χ1v) is 9.35. The van der Waals surface area contributed by atoms with Crippen molar-refractivity contribution in [2.75, 3.05) is 30.4 Å². The third-order valence-corrected chi connectivity index (χ3v) is 5.47. The van der Waals surface area contributed by atoms with Crippen molar-refractivity contribution >= 4 is 29.2 Å². The zero-order valence-electron chi connectivity index (χ0n) is 14.9. The highest BCUT2D eigenvalue weighted by atomic mass is 32.2. The van der Waals surface area contributed by atoms with Crippen molar-refractivity contribution in [3.8, 4) is 5.75 Å². The molecule has 130 valence electrons. The van der Waals surface area contributed by atoms with E-state index in [9.17, 15) is 5.11 Å². The molecule has 0 amide bonds. The lowest BCUT2D eigenvalue weighted by atomic mass is 10.2. The molecule has 1 N–H and O–H groups in total. The number of allylic oxidation sites excluding steroid dienone is 2. The van der Waals surface area contributed by atoms with Gasteiger partial charge in [-0.15, -0.1) is 0 Å². The fraction of sp³-hybridized carbons (Fsp3) is 0.238. The summed E-state index contributed by atoms with van der Waals surface area (Å²) < 4.78 is 0. The standard InChI is InChI=1S/C21H24N2OS/c1-4-23-19-14-13-18(24)15-20(19)25-21(23)8-6-5-7-16-9-11-17(12-10-16)22(2)3/h5-15,21,24H,4H2,1-3H3/b7-5+,8-6+. The van der Waals surface area contributed by atoms with Gasteiger partial charge in [-0.2, -0.15) is 0 Å². The fourth-order valence-corrected chi connectivity index (χ4v) is 4.18.